The number of rotatable bonds is 8. The first kappa shape index (κ1) is 25.4. The van der Waals surface area contributed by atoms with E-state index in [0.717, 1.165) is 24.0 Å². The predicted molar refractivity (Wildman–Crippen MR) is 134 cm³/mol. The Hall–Kier alpha value is -3.74. The Morgan fingerprint density at radius 3 is 2.64 bits per heavy atom. The normalized spacial score (nSPS) is 14.2. The summed E-state index contributed by atoms with van der Waals surface area (Å²) in [6.07, 6.45) is 1.47. The van der Waals surface area contributed by atoms with Crippen molar-refractivity contribution in [3.8, 4) is 34.7 Å². The molecule has 36 heavy (non-hydrogen) atoms. The summed E-state index contributed by atoms with van der Waals surface area (Å²) in [6, 6.07) is 13.4. The maximum atomic E-state index is 12.6. The van der Waals surface area contributed by atoms with E-state index in [4.69, 9.17) is 14.4 Å². The molecule has 0 spiro atoms. The van der Waals surface area contributed by atoms with Crippen molar-refractivity contribution in [2.75, 3.05) is 26.2 Å². The van der Waals surface area contributed by atoms with Crippen LogP contribution in [0.15, 0.2) is 40.9 Å². The molecule has 1 atom stereocenters. The van der Waals surface area contributed by atoms with Crippen LogP contribution >= 0.6 is 0 Å². The molecule has 1 aliphatic rings. The van der Waals surface area contributed by atoms with Gasteiger partial charge in [0, 0.05) is 30.3 Å². The van der Waals surface area contributed by atoms with E-state index in [9.17, 15) is 10.1 Å². The van der Waals surface area contributed by atoms with Gasteiger partial charge in [0.25, 0.3) is 5.89 Å². The smallest absolute Gasteiger partial charge is 0.258 e. The lowest BCUT2D eigenvalue weighted by Gasteiger charge is -2.21. The van der Waals surface area contributed by atoms with Gasteiger partial charge in [0.1, 0.15) is 11.8 Å². The van der Waals surface area contributed by atoms with E-state index >= 15 is 0 Å². The Morgan fingerprint density at radius 1 is 1.17 bits per heavy atom. The van der Waals surface area contributed by atoms with Gasteiger partial charge in [-0.15, -0.1) is 0 Å². The monoisotopic (exact) mass is 489 g/mol. The van der Waals surface area contributed by atoms with Crippen LogP contribution < -0.4 is 10.1 Å². The van der Waals surface area contributed by atoms with E-state index in [-0.39, 0.29) is 31.2 Å². The van der Waals surface area contributed by atoms with Crippen LogP contribution in [-0.2, 0) is 17.6 Å². The largest absolute Gasteiger partial charge is 0.490 e. The average molecular weight is 490 g/mol. The number of ether oxygens (including phenoxy) is 1. The minimum atomic E-state index is -0.113. The van der Waals surface area contributed by atoms with Crippen molar-refractivity contribution in [2.24, 2.45) is 0 Å². The third kappa shape index (κ3) is 5.90. The molecule has 188 valence electrons. The fourth-order valence-electron chi connectivity index (χ4n) is 4.12. The second kappa shape index (κ2) is 11.3. The van der Waals surface area contributed by atoms with Crippen molar-refractivity contribution in [3.05, 3.63) is 53.1 Å². The SMILES string of the molecule is CC(CO)NCC(=O)N1CCc2ccc(-c3noc(-c4ccc(OC(C)C)c(C#N)c4)n3)cc2CC1. The molecule has 3 aromatic rings. The van der Waals surface area contributed by atoms with Crippen LogP contribution in [0.5, 0.6) is 5.75 Å². The minimum Gasteiger partial charge on any atom is -0.490 e. The summed E-state index contributed by atoms with van der Waals surface area (Å²) in [5.74, 6) is 1.35. The molecular weight excluding hydrogens is 458 g/mol. The van der Waals surface area contributed by atoms with E-state index in [2.05, 4.69) is 33.7 Å². The summed E-state index contributed by atoms with van der Waals surface area (Å²) in [6.45, 7) is 7.16. The first-order valence-corrected chi connectivity index (χ1v) is 12.2. The Labute approximate surface area is 210 Å². The molecule has 0 aliphatic carbocycles. The van der Waals surface area contributed by atoms with Crippen molar-refractivity contribution in [3.63, 3.8) is 0 Å². The first-order valence-electron chi connectivity index (χ1n) is 12.2. The van der Waals surface area contributed by atoms with Gasteiger partial charge in [-0.3, -0.25) is 4.79 Å². The summed E-state index contributed by atoms with van der Waals surface area (Å²) in [7, 11) is 0. The number of carbonyl (C=O) groups is 1. The summed E-state index contributed by atoms with van der Waals surface area (Å²) in [5.41, 5.74) is 4.25. The van der Waals surface area contributed by atoms with Crippen molar-refractivity contribution < 1.29 is 19.2 Å². The fourth-order valence-corrected chi connectivity index (χ4v) is 4.12. The number of nitrogens with zero attached hydrogens (tertiary/aromatic N) is 4. The molecule has 2 aromatic carbocycles. The molecule has 0 bridgehead atoms. The van der Waals surface area contributed by atoms with Crippen molar-refractivity contribution in [1.82, 2.24) is 20.4 Å². The molecule has 2 heterocycles. The lowest BCUT2D eigenvalue weighted by molar-refractivity contribution is -0.130. The number of fused-ring (bicyclic) bond motifs is 1. The third-order valence-electron chi connectivity index (χ3n) is 6.13. The van der Waals surface area contributed by atoms with Crippen LogP contribution in [0.1, 0.15) is 37.5 Å². The number of carbonyl (C=O) groups excluding carboxylic acids is 1. The van der Waals surface area contributed by atoms with Crippen LogP contribution in [0, 0.1) is 11.3 Å². The van der Waals surface area contributed by atoms with E-state index in [0.29, 0.717) is 41.7 Å². The molecule has 1 aliphatic heterocycles. The zero-order valence-corrected chi connectivity index (χ0v) is 20.8. The molecule has 9 nitrogen and oxygen atoms in total. The predicted octanol–water partition coefficient (Wildman–Crippen LogP) is 2.96. The van der Waals surface area contributed by atoms with Gasteiger partial charge in [-0.2, -0.15) is 10.2 Å². The van der Waals surface area contributed by atoms with E-state index in [1.54, 1.807) is 18.2 Å². The Morgan fingerprint density at radius 2 is 1.92 bits per heavy atom. The van der Waals surface area contributed by atoms with E-state index < -0.39 is 0 Å². The van der Waals surface area contributed by atoms with Crippen molar-refractivity contribution in [1.29, 1.82) is 5.26 Å². The highest BCUT2D eigenvalue weighted by atomic mass is 16.5. The van der Waals surface area contributed by atoms with Crippen LogP contribution in [0.2, 0.25) is 0 Å². The lowest BCUT2D eigenvalue weighted by Crippen LogP contribution is -2.42. The third-order valence-corrected chi connectivity index (χ3v) is 6.13. The highest BCUT2D eigenvalue weighted by Crippen LogP contribution is 2.29. The maximum absolute atomic E-state index is 12.6. The maximum Gasteiger partial charge on any atom is 0.258 e. The van der Waals surface area contributed by atoms with Gasteiger partial charge in [-0.1, -0.05) is 17.3 Å². The number of aromatic nitrogens is 2. The molecular formula is C27H31N5O4. The lowest BCUT2D eigenvalue weighted by atomic mass is 10.00. The van der Waals surface area contributed by atoms with Gasteiger partial charge in [0.2, 0.25) is 11.7 Å². The number of aliphatic hydroxyl groups excluding tert-OH is 1. The van der Waals surface area contributed by atoms with Gasteiger partial charge >= 0.3 is 0 Å². The van der Waals surface area contributed by atoms with Crippen molar-refractivity contribution >= 4 is 5.91 Å². The quantitative estimate of drug-likeness (QED) is 0.495. The second-order valence-corrected chi connectivity index (χ2v) is 9.24. The standard InChI is InChI=1S/C27H31N5O4/c1-17(2)35-24-7-6-22(13-23(24)14-28)27-30-26(31-36-27)21-5-4-19-8-10-32(11-9-20(19)12-21)25(34)15-29-18(3)16-33/h4-7,12-13,17-18,29,33H,8-11,15-16H2,1-3H3. The molecule has 0 saturated carbocycles. The van der Waals surface area contributed by atoms with Gasteiger partial charge < -0.3 is 24.6 Å². The fraction of sp³-hybridized carbons (Fsp3) is 0.407. The van der Waals surface area contributed by atoms with Crippen LogP contribution in [0.4, 0.5) is 0 Å². The zero-order valence-electron chi connectivity index (χ0n) is 20.8. The first-order chi connectivity index (χ1) is 17.4. The molecule has 0 saturated heterocycles. The van der Waals surface area contributed by atoms with Gasteiger partial charge in [-0.25, -0.2) is 0 Å². The minimum absolute atomic E-state index is 0.00333. The summed E-state index contributed by atoms with van der Waals surface area (Å²) < 4.78 is 11.2. The second-order valence-electron chi connectivity index (χ2n) is 9.24. The van der Waals surface area contributed by atoms with Crippen LogP contribution in [0.25, 0.3) is 22.8 Å². The number of hydrogen-bond donors (Lipinski definition) is 2. The summed E-state index contributed by atoms with van der Waals surface area (Å²) >= 11 is 0. The van der Waals surface area contributed by atoms with E-state index in [1.807, 2.05) is 31.7 Å². The topological polar surface area (TPSA) is 125 Å². The van der Waals surface area contributed by atoms with E-state index in [1.165, 1.54) is 5.56 Å². The Bertz CT molecular complexity index is 1260. The molecule has 1 unspecified atom stereocenters. The number of amides is 1. The number of nitrogens with one attached hydrogen (secondary N) is 1. The zero-order chi connectivity index (χ0) is 25.7. The summed E-state index contributed by atoms with van der Waals surface area (Å²) in [5, 5.41) is 25.9. The molecule has 1 amide bonds. The Kier molecular flexibility index (Phi) is 7.98. The van der Waals surface area contributed by atoms with Gasteiger partial charge in [-0.05, 0) is 69.0 Å². The molecule has 2 N–H and O–H groups in total. The van der Waals surface area contributed by atoms with Crippen LogP contribution in [0.3, 0.4) is 0 Å². The van der Waals surface area contributed by atoms with Crippen molar-refractivity contribution in [2.45, 2.75) is 45.8 Å². The molecule has 1 aromatic heterocycles. The number of hydrogen-bond acceptors (Lipinski definition) is 8. The molecule has 0 radical (unpaired) electrons. The highest BCUT2D eigenvalue weighted by molar-refractivity contribution is 5.78. The van der Waals surface area contributed by atoms with Crippen LogP contribution in [-0.4, -0.2) is 64.4 Å². The average Bonchev–Trinajstić information content (AvgIpc) is 3.28. The van der Waals surface area contributed by atoms with Gasteiger partial charge in [0.05, 0.1) is 24.8 Å². The highest BCUT2D eigenvalue weighted by Gasteiger charge is 2.20. The number of aliphatic hydroxyl groups is 1. The summed E-state index contributed by atoms with van der Waals surface area (Å²) in [4.78, 5) is 19.0. The molecule has 9 heteroatoms. The van der Waals surface area contributed by atoms with Gasteiger partial charge in [0.15, 0.2) is 0 Å². The number of nitriles is 1. The Balaban J connectivity index is 1.48. The number of benzene rings is 2. The molecule has 0 fully saturated rings. The molecule has 4 rings (SSSR count).